The highest BCUT2D eigenvalue weighted by Gasteiger charge is 2.05. The van der Waals surface area contributed by atoms with Crippen LogP contribution in [-0.4, -0.2) is 33.0 Å². The standard InChI is InChI=1S/C20H20O4S2/c1-3-20(21)24-14-15-25-18-10-6-16(7-11-18)4-5-17-8-12-19(13-9-17)26(2,22)23/h3-13H,1,14-15H2,2H3. The van der Waals surface area contributed by atoms with Crippen LogP contribution < -0.4 is 0 Å². The van der Waals surface area contributed by atoms with Gasteiger partial charge in [0.1, 0.15) is 6.61 Å². The summed E-state index contributed by atoms with van der Waals surface area (Å²) in [7, 11) is -3.17. The van der Waals surface area contributed by atoms with E-state index < -0.39 is 15.8 Å². The Hall–Kier alpha value is -2.31. The minimum absolute atomic E-state index is 0.315. The van der Waals surface area contributed by atoms with Crippen molar-refractivity contribution in [3.8, 4) is 0 Å². The molecule has 0 fully saturated rings. The first-order valence-corrected chi connectivity index (χ1v) is 10.8. The van der Waals surface area contributed by atoms with Crippen molar-refractivity contribution in [2.75, 3.05) is 18.6 Å². The number of carbonyl (C=O) groups excluding carboxylic acids is 1. The Morgan fingerprint density at radius 2 is 1.58 bits per heavy atom. The molecule has 0 spiro atoms. The molecule has 0 radical (unpaired) electrons. The van der Waals surface area contributed by atoms with E-state index in [2.05, 4.69) is 6.58 Å². The van der Waals surface area contributed by atoms with Crippen LogP contribution in [0, 0.1) is 0 Å². The molecule has 6 heteroatoms. The summed E-state index contributed by atoms with van der Waals surface area (Å²) in [5, 5.41) is 0. The summed E-state index contributed by atoms with van der Waals surface area (Å²) in [6.45, 7) is 3.69. The van der Waals surface area contributed by atoms with Gasteiger partial charge in [-0.1, -0.05) is 43.0 Å². The molecule has 2 rings (SSSR count). The number of sulfone groups is 1. The van der Waals surface area contributed by atoms with Crippen molar-refractivity contribution in [2.45, 2.75) is 9.79 Å². The van der Waals surface area contributed by atoms with E-state index in [9.17, 15) is 13.2 Å². The topological polar surface area (TPSA) is 60.4 Å². The Balaban J connectivity index is 1.89. The second-order valence-electron chi connectivity index (χ2n) is 5.46. The second-order valence-corrected chi connectivity index (χ2v) is 8.65. The maximum Gasteiger partial charge on any atom is 0.330 e. The van der Waals surface area contributed by atoms with E-state index in [1.165, 1.54) is 6.26 Å². The van der Waals surface area contributed by atoms with Crippen LogP contribution in [-0.2, 0) is 19.4 Å². The van der Waals surface area contributed by atoms with Crippen LogP contribution in [0.2, 0.25) is 0 Å². The van der Waals surface area contributed by atoms with E-state index >= 15 is 0 Å². The van der Waals surface area contributed by atoms with Crippen LogP contribution in [0.4, 0.5) is 0 Å². The lowest BCUT2D eigenvalue weighted by molar-refractivity contribution is -0.137. The van der Waals surface area contributed by atoms with E-state index in [-0.39, 0.29) is 0 Å². The van der Waals surface area contributed by atoms with Gasteiger partial charge in [-0.2, -0.15) is 0 Å². The van der Waals surface area contributed by atoms with Gasteiger partial charge in [0.25, 0.3) is 0 Å². The third kappa shape index (κ3) is 6.54. The van der Waals surface area contributed by atoms with E-state index in [0.29, 0.717) is 17.3 Å². The fourth-order valence-corrected chi connectivity index (χ4v) is 3.42. The lowest BCUT2D eigenvalue weighted by atomic mass is 10.1. The first-order chi connectivity index (χ1) is 12.4. The number of rotatable bonds is 8. The van der Waals surface area contributed by atoms with Crippen molar-refractivity contribution in [1.82, 2.24) is 0 Å². The van der Waals surface area contributed by atoms with Crippen LogP contribution in [0.1, 0.15) is 11.1 Å². The van der Waals surface area contributed by atoms with Gasteiger partial charge in [0.15, 0.2) is 9.84 Å². The first-order valence-electron chi connectivity index (χ1n) is 7.89. The zero-order valence-corrected chi connectivity index (χ0v) is 16.1. The van der Waals surface area contributed by atoms with Crippen molar-refractivity contribution >= 4 is 39.7 Å². The number of esters is 1. The molecule has 0 saturated carbocycles. The van der Waals surface area contributed by atoms with Crippen molar-refractivity contribution in [3.63, 3.8) is 0 Å². The van der Waals surface area contributed by atoms with E-state index in [0.717, 1.165) is 22.1 Å². The molecule has 26 heavy (non-hydrogen) atoms. The molecule has 0 amide bonds. The maximum absolute atomic E-state index is 11.4. The highest BCUT2D eigenvalue weighted by atomic mass is 32.2. The summed E-state index contributed by atoms with van der Waals surface area (Å²) in [4.78, 5) is 12.3. The van der Waals surface area contributed by atoms with Gasteiger partial charge in [-0.3, -0.25) is 0 Å². The van der Waals surface area contributed by atoms with E-state index in [4.69, 9.17) is 4.74 Å². The van der Waals surface area contributed by atoms with E-state index in [1.807, 2.05) is 36.4 Å². The van der Waals surface area contributed by atoms with Gasteiger partial charge in [0.2, 0.25) is 0 Å². The summed E-state index contributed by atoms with van der Waals surface area (Å²) in [6.07, 6.45) is 6.25. The molecule has 2 aromatic rings. The number of benzene rings is 2. The molecular weight excluding hydrogens is 368 g/mol. The number of carbonyl (C=O) groups is 1. The van der Waals surface area contributed by atoms with Gasteiger partial charge in [0, 0.05) is 23.0 Å². The zero-order chi connectivity index (χ0) is 19.0. The molecule has 0 aromatic heterocycles. The third-order valence-corrected chi connectivity index (χ3v) is 5.52. The van der Waals surface area contributed by atoms with Gasteiger partial charge in [0.05, 0.1) is 4.90 Å². The van der Waals surface area contributed by atoms with Crippen molar-refractivity contribution in [2.24, 2.45) is 0 Å². The molecule has 0 heterocycles. The molecule has 0 aliphatic carbocycles. The Labute approximate surface area is 158 Å². The molecule has 0 unspecified atom stereocenters. The molecule has 136 valence electrons. The average molecular weight is 389 g/mol. The predicted octanol–water partition coefficient (Wildman–Crippen LogP) is 4.08. The van der Waals surface area contributed by atoms with Gasteiger partial charge in [-0.25, -0.2) is 13.2 Å². The molecule has 0 aliphatic heterocycles. The SMILES string of the molecule is C=CC(=O)OCCSc1ccc(C=Cc2ccc(S(C)(=O)=O)cc2)cc1. The van der Waals surface area contributed by atoms with E-state index in [1.54, 1.807) is 36.0 Å². The Kier molecular flexibility index (Phi) is 7.24. The molecule has 4 nitrogen and oxygen atoms in total. The highest BCUT2D eigenvalue weighted by Crippen LogP contribution is 2.19. The lowest BCUT2D eigenvalue weighted by Gasteiger charge is -2.03. The summed E-state index contributed by atoms with van der Waals surface area (Å²) in [6, 6.07) is 14.8. The second kappa shape index (κ2) is 9.40. The van der Waals surface area contributed by atoms with Crippen LogP contribution >= 0.6 is 11.8 Å². The van der Waals surface area contributed by atoms with Crippen LogP contribution in [0.25, 0.3) is 12.2 Å². The number of hydrogen-bond acceptors (Lipinski definition) is 5. The van der Waals surface area contributed by atoms with Gasteiger partial charge < -0.3 is 4.74 Å². The molecular formula is C20H20O4S2. The fraction of sp³-hybridized carbons (Fsp3) is 0.150. The van der Waals surface area contributed by atoms with Gasteiger partial charge in [-0.05, 0) is 35.4 Å². The smallest absolute Gasteiger partial charge is 0.330 e. The number of ether oxygens (including phenoxy) is 1. The number of thioether (sulfide) groups is 1. The summed E-state index contributed by atoms with van der Waals surface area (Å²) in [5.41, 5.74) is 1.97. The zero-order valence-electron chi connectivity index (χ0n) is 14.4. The Morgan fingerprint density at radius 1 is 1.04 bits per heavy atom. The van der Waals surface area contributed by atoms with Gasteiger partial charge in [-0.15, -0.1) is 11.8 Å². The van der Waals surface area contributed by atoms with Crippen molar-refractivity contribution in [3.05, 3.63) is 72.3 Å². The average Bonchev–Trinajstić information content (AvgIpc) is 2.64. The molecule has 0 N–H and O–H groups in total. The minimum Gasteiger partial charge on any atom is -0.462 e. The predicted molar refractivity (Wildman–Crippen MR) is 107 cm³/mol. The molecule has 0 aliphatic rings. The van der Waals surface area contributed by atoms with Crippen molar-refractivity contribution < 1.29 is 17.9 Å². The van der Waals surface area contributed by atoms with Crippen LogP contribution in [0.15, 0.2) is 71.0 Å². The van der Waals surface area contributed by atoms with Gasteiger partial charge >= 0.3 is 5.97 Å². The number of hydrogen-bond donors (Lipinski definition) is 0. The van der Waals surface area contributed by atoms with Crippen LogP contribution in [0.5, 0.6) is 0 Å². The fourth-order valence-electron chi connectivity index (χ4n) is 2.05. The summed E-state index contributed by atoms with van der Waals surface area (Å²) >= 11 is 1.61. The molecule has 0 bridgehead atoms. The Bertz CT molecular complexity index is 880. The molecule has 0 saturated heterocycles. The minimum atomic E-state index is -3.17. The third-order valence-electron chi connectivity index (χ3n) is 3.42. The van der Waals surface area contributed by atoms with Crippen molar-refractivity contribution in [1.29, 1.82) is 0 Å². The summed E-state index contributed by atoms with van der Waals surface area (Å²) in [5.74, 6) is 0.275. The largest absolute Gasteiger partial charge is 0.462 e. The monoisotopic (exact) mass is 388 g/mol. The maximum atomic E-state index is 11.4. The van der Waals surface area contributed by atoms with Crippen LogP contribution in [0.3, 0.4) is 0 Å². The highest BCUT2D eigenvalue weighted by molar-refractivity contribution is 7.99. The lowest BCUT2D eigenvalue weighted by Crippen LogP contribution is -2.03. The first kappa shape index (κ1) is 20.0. The summed E-state index contributed by atoms with van der Waals surface area (Å²) < 4.78 is 27.8. The molecule has 0 atom stereocenters. The molecule has 2 aromatic carbocycles. The quantitative estimate of drug-likeness (QED) is 0.224. The Morgan fingerprint density at radius 3 is 2.08 bits per heavy atom. The normalized spacial score (nSPS) is 11.4.